The van der Waals surface area contributed by atoms with Gasteiger partial charge in [0.25, 0.3) is 0 Å². The predicted octanol–water partition coefficient (Wildman–Crippen LogP) is 2.73. The van der Waals surface area contributed by atoms with Gasteiger partial charge in [0.15, 0.2) is 0 Å². The van der Waals surface area contributed by atoms with Gasteiger partial charge in [-0.05, 0) is 12.5 Å². The summed E-state index contributed by atoms with van der Waals surface area (Å²) in [6.07, 6.45) is 5.27. The van der Waals surface area contributed by atoms with E-state index < -0.39 is 0 Å². The number of aryl methyl sites for hydroxylation is 1. The lowest BCUT2D eigenvalue weighted by molar-refractivity contribution is 0.568. The van der Waals surface area contributed by atoms with Crippen LogP contribution < -0.4 is 5.32 Å². The number of hydrogen-bond acceptors (Lipinski definition) is 4. The maximum atomic E-state index is 5.06. The van der Waals surface area contributed by atoms with Crippen LogP contribution in [0.2, 0.25) is 0 Å². The third-order valence-corrected chi connectivity index (χ3v) is 2.32. The van der Waals surface area contributed by atoms with Crippen molar-refractivity contribution < 1.29 is 4.42 Å². The van der Waals surface area contributed by atoms with Gasteiger partial charge in [0.2, 0.25) is 0 Å². The van der Waals surface area contributed by atoms with Crippen LogP contribution in [0, 0.1) is 0 Å². The van der Waals surface area contributed by atoms with Crippen LogP contribution in [0.3, 0.4) is 0 Å². The van der Waals surface area contributed by atoms with Crippen molar-refractivity contribution in [3.05, 3.63) is 30.5 Å². The first-order valence-electron chi connectivity index (χ1n) is 5.41. The second-order valence-corrected chi connectivity index (χ2v) is 3.57. The van der Waals surface area contributed by atoms with Crippen molar-refractivity contribution in [2.45, 2.75) is 19.8 Å². The highest BCUT2D eigenvalue weighted by Gasteiger charge is 2.06. The fourth-order valence-electron chi connectivity index (χ4n) is 1.52. The molecule has 0 saturated carbocycles. The van der Waals surface area contributed by atoms with Crippen LogP contribution in [0.15, 0.2) is 29.1 Å². The molecule has 2 heterocycles. The van der Waals surface area contributed by atoms with Crippen LogP contribution in [-0.4, -0.2) is 17.0 Å². The number of nitrogens with one attached hydrogen (secondary N) is 1. The van der Waals surface area contributed by atoms with Gasteiger partial charge in [-0.1, -0.05) is 6.92 Å². The first-order chi connectivity index (χ1) is 7.83. The van der Waals surface area contributed by atoms with Crippen LogP contribution in [0.1, 0.15) is 19.2 Å². The fraction of sp³-hybridized carbons (Fsp3) is 0.333. The Morgan fingerprint density at radius 2 is 2.25 bits per heavy atom. The second kappa shape index (κ2) is 4.79. The molecule has 1 N–H and O–H groups in total. The monoisotopic (exact) mass is 217 g/mol. The van der Waals surface area contributed by atoms with Crippen molar-refractivity contribution in [1.82, 2.24) is 9.97 Å². The molecule has 0 bridgehead atoms. The van der Waals surface area contributed by atoms with Gasteiger partial charge in [0, 0.05) is 25.1 Å². The Morgan fingerprint density at radius 1 is 1.38 bits per heavy atom. The molecule has 4 nitrogen and oxygen atoms in total. The summed E-state index contributed by atoms with van der Waals surface area (Å²) in [5.74, 6) is 1.71. The summed E-state index contributed by atoms with van der Waals surface area (Å²) in [5.41, 5.74) is 1.88. The largest absolute Gasteiger partial charge is 0.472 e. The zero-order valence-electron chi connectivity index (χ0n) is 9.53. The number of rotatable bonds is 4. The molecule has 0 aromatic carbocycles. The Labute approximate surface area is 94.7 Å². The van der Waals surface area contributed by atoms with Gasteiger partial charge in [0.05, 0.1) is 18.2 Å². The molecular formula is C12H15N3O. The van der Waals surface area contributed by atoms with E-state index in [-0.39, 0.29) is 0 Å². The van der Waals surface area contributed by atoms with Crippen molar-refractivity contribution in [2.75, 3.05) is 12.4 Å². The highest BCUT2D eigenvalue weighted by Crippen LogP contribution is 2.20. The third kappa shape index (κ3) is 2.21. The summed E-state index contributed by atoms with van der Waals surface area (Å²) >= 11 is 0. The molecule has 0 radical (unpaired) electrons. The molecular weight excluding hydrogens is 202 g/mol. The summed E-state index contributed by atoms with van der Waals surface area (Å²) in [6.45, 7) is 2.12. The first-order valence-corrected chi connectivity index (χ1v) is 5.41. The lowest BCUT2D eigenvalue weighted by atomic mass is 10.2. The van der Waals surface area contributed by atoms with E-state index in [9.17, 15) is 0 Å². The highest BCUT2D eigenvalue weighted by atomic mass is 16.3. The smallest absolute Gasteiger partial charge is 0.131 e. The van der Waals surface area contributed by atoms with Crippen LogP contribution >= 0.6 is 0 Å². The van der Waals surface area contributed by atoms with Crippen molar-refractivity contribution in [3.8, 4) is 11.3 Å². The third-order valence-electron chi connectivity index (χ3n) is 2.32. The molecule has 0 aliphatic carbocycles. The van der Waals surface area contributed by atoms with Gasteiger partial charge < -0.3 is 9.73 Å². The van der Waals surface area contributed by atoms with Crippen LogP contribution in [0.25, 0.3) is 11.3 Å². The number of furan rings is 1. The summed E-state index contributed by atoms with van der Waals surface area (Å²) in [7, 11) is 1.86. The molecule has 4 heteroatoms. The number of anilines is 1. The summed E-state index contributed by atoms with van der Waals surface area (Å²) in [5, 5.41) is 3.05. The molecule has 0 fully saturated rings. The van der Waals surface area contributed by atoms with E-state index in [4.69, 9.17) is 4.42 Å². The molecule has 0 aliphatic heterocycles. The second-order valence-electron chi connectivity index (χ2n) is 3.57. The molecule has 0 saturated heterocycles. The van der Waals surface area contributed by atoms with E-state index in [2.05, 4.69) is 22.2 Å². The van der Waals surface area contributed by atoms with Gasteiger partial charge in [-0.15, -0.1) is 0 Å². The van der Waals surface area contributed by atoms with Crippen LogP contribution in [-0.2, 0) is 6.42 Å². The van der Waals surface area contributed by atoms with E-state index in [0.717, 1.165) is 35.7 Å². The first kappa shape index (κ1) is 10.7. The summed E-state index contributed by atoms with van der Waals surface area (Å²) < 4.78 is 5.06. The SMILES string of the molecule is CCCc1nc(NC)cc(-c2ccoc2)n1. The molecule has 2 aromatic rings. The summed E-state index contributed by atoms with van der Waals surface area (Å²) in [6, 6.07) is 3.82. The van der Waals surface area contributed by atoms with Crippen LogP contribution in [0.5, 0.6) is 0 Å². The van der Waals surface area contributed by atoms with Gasteiger partial charge in [-0.3, -0.25) is 0 Å². The Balaban J connectivity index is 2.41. The van der Waals surface area contributed by atoms with Gasteiger partial charge >= 0.3 is 0 Å². The number of nitrogens with zero attached hydrogens (tertiary/aromatic N) is 2. The Kier molecular flexibility index (Phi) is 3.19. The molecule has 2 rings (SSSR count). The minimum absolute atomic E-state index is 0.842. The van der Waals surface area contributed by atoms with E-state index >= 15 is 0 Å². The van der Waals surface area contributed by atoms with Crippen molar-refractivity contribution in [3.63, 3.8) is 0 Å². The standard InChI is InChI=1S/C12H15N3O/c1-3-4-11-14-10(7-12(13-2)15-11)9-5-6-16-8-9/h5-8H,3-4H2,1-2H3,(H,13,14,15). The zero-order valence-corrected chi connectivity index (χ0v) is 9.53. The van der Waals surface area contributed by atoms with Crippen molar-refractivity contribution >= 4 is 5.82 Å². The minimum Gasteiger partial charge on any atom is -0.472 e. The Bertz CT molecular complexity index is 451. The molecule has 2 aromatic heterocycles. The number of aromatic nitrogens is 2. The maximum Gasteiger partial charge on any atom is 0.131 e. The van der Waals surface area contributed by atoms with E-state index in [1.54, 1.807) is 12.5 Å². The molecule has 0 spiro atoms. The summed E-state index contributed by atoms with van der Waals surface area (Å²) in [4.78, 5) is 8.90. The van der Waals surface area contributed by atoms with E-state index in [1.165, 1.54) is 0 Å². The van der Waals surface area contributed by atoms with Gasteiger partial charge in [-0.25, -0.2) is 9.97 Å². The Hall–Kier alpha value is -1.84. The molecule has 16 heavy (non-hydrogen) atoms. The average Bonchev–Trinajstić information content (AvgIpc) is 2.82. The van der Waals surface area contributed by atoms with E-state index in [1.807, 2.05) is 19.2 Å². The fourth-order valence-corrected chi connectivity index (χ4v) is 1.52. The maximum absolute atomic E-state index is 5.06. The topological polar surface area (TPSA) is 51.0 Å². The molecule has 0 amide bonds. The molecule has 0 unspecified atom stereocenters. The van der Waals surface area contributed by atoms with Gasteiger partial charge in [-0.2, -0.15) is 0 Å². The minimum atomic E-state index is 0.842. The predicted molar refractivity (Wildman–Crippen MR) is 63.3 cm³/mol. The lowest BCUT2D eigenvalue weighted by Crippen LogP contribution is -2.01. The normalized spacial score (nSPS) is 10.4. The number of hydrogen-bond donors (Lipinski definition) is 1. The molecule has 84 valence electrons. The quantitative estimate of drug-likeness (QED) is 0.855. The zero-order chi connectivity index (χ0) is 11.4. The average molecular weight is 217 g/mol. The lowest BCUT2D eigenvalue weighted by Gasteiger charge is -2.05. The highest BCUT2D eigenvalue weighted by molar-refractivity contribution is 5.61. The Morgan fingerprint density at radius 3 is 2.88 bits per heavy atom. The van der Waals surface area contributed by atoms with Crippen molar-refractivity contribution in [2.24, 2.45) is 0 Å². The van der Waals surface area contributed by atoms with Crippen molar-refractivity contribution in [1.29, 1.82) is 0 Å². The van der Waals surface area contributed by atoms with Crippen LogP contribution in [0.4, 0.5) is 5.82 Å². The molecule has 0 aliphatic rings. The molecule has 0 atom stereocenters. The van der Waals surface area contributed by atoms with Gasteiger partial charge in [0.1, 0.15) is 11.6 Å². The van der Waals surface area contributed by atoms with E-state index in [0.29, 0.717) is 0 Å².